The first kappa shape index (κ1) is 21.6. The van der Waals surface area contributed by atoms with Crippen molar-refractivity contribution in [2.45, 2.75) is 38.1 Å². The molecular weight excluding hydrogens is 396 g/mol. The number of benzene rings is 3. The second kappa shape index (κ2) is 9.13. The van der Waals surface area contributed by atoms with Crippen LogP contribution in [0.15, 0.2) is 77.7 Å². The summed E-state index contributed by atoms with van der Waals surface area (Å²) in [6.45, 7) is 5.83. The number of sulfonamides is 1. The summed E-state index contributed by atoms with van der Waals surface area (Å²) in [5.41, 5.74) is 3.71. The maximum absolute atomic E-state index is 12.9. The highest BCUT2D eigenvalue weighted by Gasteiger charge is 2.18. The smallest absolute Gasteiger partial charge is 0.261 e. The van der Waals surface area contributed by atoms with Gasteiger partial charge in [-0.25, -0.2) is 8.42 Å². The van der Waals surface area contributed by atoms with E-state index in [-0.39, 0.29) is 16.8 Å². The van der Waals surface area contributed by atoms with Crippen LogP contribution in [0.5, 0.6) is 0 Å². The largest absolute Gasteiger partial charge is 0.345 e. The quantitative estimate of drug-likeness (QED) is 0.563. The standard InChI is InChI=1S/C24H26N2O3S/c1-4-22(19-13-10-17(2)11-14-19)25-24(27)20-15-12-18(3)23(16-20)26-30(28,29)21-8-6-5-7-9-21/h5-16,22,26H,4H2,1-3H3,(H,25,27). The molecule has 3 rings (SSSR count). The molecule has 0 radical (unpaired) electrons. The molecule has 0 aliphatic carbocycles. The van der Waals surface area contributed by atoms with Crippen LogP contribution in [0.3, 0.4) is 0 Å². The van der Waals surface area contributed by atoms with Crippen molar-refractivity contribution in [3.63, 3.8) is 0 Å². The number of amides is 1. The van der Waals surface area contributed by atoms with Gasteiger partial charge in [0, 0.05) is 5.56 Å². The average Bonchev–Trinajstić information content (AvgIpc) is 2.74. The Labute approximate surface area is 178 Å². The number of nitrogens with one attached hydrogen (secondary N) is 2. The Morgan fingerprint density at radius 1 is 0.933 bits per heavy atom. The lowest BCUT2D eigenvalue weighted by molar-refractivity contribution is 0.0935. The van der Waals surface area contributed by atoms with Gasteiger partial charge >= 0.3 is 0 Å². The highest BCUT2D eigenvalue weighted by Crippen LogP contribution is 2.23. The second-order valence-electron chi connectivity index (χ2n) is 7.29. The first-order valence-corrected chi connectivity index (χ1v) is 11.3. The maximum Gasteiger partial charge on any atom is 0.261 e. The van der Waals surface area contributed by atoms with Gasteiger partial charge in [0.05, 0.1) is 16.6 Å². The van der Waals surface area contributed by atoms with Crippen molar-refractivity contribution < 1.29 is 13.2 Å². The molecule has 156 valence electrons. The van der Waals surface area contributed by atoms with E-state index < -0.39 is 10.0 Å². The molecule has 1 atom stereocenters. The molecule has 0 aliphatic rings. The fourth-order valence-corrected chi connectivity index (χ4v) is 4.28. The zero-order valence-corrected chi connectivity index (χ0v) is 18.2. The summed E-state index contributed by atoms with van der Waals surface area (Å²) in [7, 11) is -3.73. The van der Waals surface area contributed by atoms with Crippen LogP contribution in [0.1, 0.15) is 46.4 Å². The normalized spacial score (nSPS) is 12.2. The van der Waals surface area contributed by atoms with Crippen molar-refractivity contribution in [2.24, 2.45) is 0 Å². The van der Waals surface area contributed by atoms with Crippen LogP contribution in [-0.4, -0.2) is 14.3 Å². The van der Waals surface area contributed by atoms with Gasteiger partial charge in [-0.15, -0.1) is 0 Å². The minimum absolute atomic E-state index is 0.121. The molecule has 0 aromatic heterocycles. The average molecular weight is 423 g/mol. The molecular formula is C24H26N2O3S. The first-order valence-electron chi connectivity index (χ1n) is 9.86. The molecule has 30 heavy (non-hydrogen) atoms. The topological polar surface area (TPSA) is 75.3 Å². The minimum atomic E-state index is -3.73. The fraction of sp³-hybridized carbons (Fsp3) is 0.208. The molecule has 3 aromatic carbocycles. The Kier molecular flexibility index (Phi) is 6.57. The van der Waals surface area contributed by atoms with Gasteiger partial charge < -0.3 is 5.32 Å². The molecule has 0 heterocycles. The predicted molar refractivity (Wildman–Crippen MR) is 120 cm³/mol. The van der Waals surface area contributed by atoms with Crippen molar-refractivity contribution >= 4 is 21.6 Å². The summed E-state index contributed by atoms with van der Waals surface area (Å²) < 4.78 is 27.9. The van der Waals surface area contributed by atoms with Crippen molar-refractivity contribution in [3.8, 4) is 0 Å². The molecule has 5 nitrogen and oxygen atoms in total. The van der Waals surface area contributed by atoms with Crippen molar-refractivity contribution in [2.75, 3.05) is 4.72 Å². The van der Waals surface area contributed by atoms with Gasteiger partial charge in [0.2, 0.25) is 0 Å². The van der Waals surface area contributed by atoms with E-state index in [1.165, 1.54) is 12.1 Å². The van der Waals surface area contributed by atoms with Crippen LogP contribution < -0.4 is 10.0 Å². The summed E-state index contributed by atoms with van der Waals surface area (Å²) in [4.78, 5) is 13.0. The Morgan fingerprint density at radius 2 is 1.60 bits per heavy atom. The number of aryl methyl sites for hydroxylation is 2. The fourth-order valence-electron chi connectivity index (χ4n) is 3.14. The van der Waals surface area contributed by atoms with Gasteiger partial charge in [-0.1, -0.05) is 61.0 Å². The molecule has 0 spiro atoms. The summed E-state index contributed by atoms with van der Waals surface area (Å²) in [5.74, 6) is -0.248. The number of anilines is 1. The van der Waals surface area contributed by atoms with Crippen LogP contribution in [0.2, 0.25) is 0 Å². The van der Waals surface area contributed by atoms with Crippen LogP contribution in [0.25, 0.3) is 0 Å². The van der Waals surface area contributed by atoms with E-state index in [0.29, 0.717) is 11.3 Å². The lowest BCUT2D eigenvalue weighted by atomic mass is 10.0. The third kappa shape index (κ3) is 5.07. The third-order valence-corrected chi connectivity index (χ3v) is 6.37. The van der Waals surface area contributed by atoms with E-state index in [2.05, 4.69) is 10.0 Å². The van der Waals surface area contributed by atoms with E-state index in [9.17, 15) is 13.2 Å². The zero-order valence-electron chi connectivity index (χ0n) is 17.3. The van der Waals surface area contributed by atoms with E-state index in [4.69, 9.17) is 0 Å². The Morgan fingerprint density at radius 3 is 2.23 bits per heavy atom. The minimum Gasteiger partial charge on any atom is -0.345 e. The van der Waals surface area contributed by atoms with Crippen molar-refractivity contribution in [1.82, 2.24) is 5.32 Å². The van der Waals surface area contributed by atoms with Gasteiger partial charge in [0.25, 0.3) is 15.9 Å². The number of hydrogen-bond acceptors (Lipinski definition) is 3. The molecule has 0 aliphatic heterocycles. The number of rotatable bonds is 7. The van der Waals surface area contributed by atoms with Gasteiger partial charge in [0.1, 0.15) is 0 Å². The maximum atomic E-state index is 12.9. The molecule has 2 N–H and O–H groups in total. The lowest BCUT2D eigenvalue weighted by Crippen LogP contribution is -2.28. The van der Waals surface area contributed by atoms with Crippen molar-refractivity contribution in [3.05, 3.63) is 95.1 Å². The SMILES string of the molecule is CCC(NC(=O)c1ccc(C)c(NS(=O)(=O)c2ccccc2)c1)c1ccc(C)cc1. The molecule has 1 amide bonds. The summed E-state index contributed by atoms with van der Waals surface area (Å²) in [5, 5.41) is 3.04. The van der Waals surface area contributed by atoms with E-state index >= 15 is 0 Å². The number of carbonyl (C=O) groups excluding carboxylic acids is 1. The Balaban J connectivity index is 1.81. The monoisotopic (exact) mass is 422 g/mol. The predicted octanol–water partition coefficient (Wildman–Crippen LogP) is 4.99. The highest BCUT2D eigenvalue weighted by atomic mass is 32.2. The van der Waals surface area contributed by atoms with Crippen LogP contribution in [-0.2, 0) is 10.0 Å². The molecule has 6 heteroatoms. The first-order chi connectivity index (χ1) is 14.3. The van der Waals surface area contributed by atoms with Gasteiger partial charge in [-0.3, -0.25) is 9.52 Å². The van der Waals surface area contributed by atoms with Crippen LogP contribution in [0.4, 0.5) is 5.69 Å². The van der Waals surface area contributed by atoms with Gasteiger partial charge in [-0.05, 0) is 55.7 Å². The van der Waals surface area contributed by atoms with E-state index in [0.717, 1.165) is 23.1 Å². The van der Waals surface area contributed by atoms with Crippen LogP contribution in [0, 0.1) is 13.8 Å². The van der Waals surface area contributed by atoms with Crippen molar-refractivity contribution in [1.29, 1.82) is 0 Å². The highest BCUT2D eigenvalue weighted by molar-refractivity contribution is 7.92. The number of hydrogen-bond donors (Lipinski definition) is 2. The molecule has 0 saturated carbocycles. The molecule has 0 fully saturated rings. The Hall–Kier alpha value is -3.12. The second-order valence-corrected chi connectivity index (χ2v) is 8.98. The zero-order chi connectivity index (χ0) is 21.7. The molecule has 3 aromatic rings. The lowest BCUT2D eigenvalue weighted by Gasteiger charge is -2.18. The molecule has 1 unspecified atom stereocenters. The number of carbonyl (C=O) groups is 1. The van der Waals surface area contributed by atoms with Crippen LogP contribution >= 0.6 is 0 Å². The van der Waals surface area contributed by atoms with E-state index in [1.54, 1.807) is 43.3 Å². The summed E-state index contributed by atoms with van der Waals surface area (Å²) in [6.07, 6.45) is 0.744. The van der Waals surface area contributed by atoms with Gasteiger partial charge in [-0.2, -0.15) is 0 Å². The van der Waals surface area contributed by atoms with E-state index in [1.807, 2.05) is 38.1 Å². The third-order valence-electron chi connectivity index (χ3n) is 4.99. The molecule has 0 saturated heterocycles. The molecule has 0 bridgehead atoms. The Bertz CT molecular complexity index is 1120. The summed E-state index contributed by atoms with van der Waals surface area (Å²) >= 11 is 0. The van der Waals surface area contributed by atoms with Gasteiger partial charge in [0.15, 0.2) is 0 Å². The summed E-state index contributed by atoms with van der Waals surface area (Å²) in [6, 6.07) is 21.1.